The minimum absolute atomic E-state index is 0.220. The average molecular weight is 394 g/mol. The lowest BCUT2D eigenvalue weighted by molar-refractivity contribution is 0.0694. The molecule has 1 unspecified atom stereocenters. The monoisotopic (exact) mass is 393 g/mol. The van der Waals surface area contributed by atoms with Crippen molar-refractivity contribution in [1.29, 1.82) is 0 Å². The Morgan fingerprint density at radius 3 is 2.48 bits per heavy atom. The van der Waals surface area contributed by atoms with Crippen LogP contribution >= 0.6 is 22.9 Å². The molecule has 0 spiro atoms. The van der Waals surface area contributed by atoms with E-state index in [9.17, 15) is 14.1 Å². The van der Waals surface area contributed by atoms with Gasteiger partial charge in [-0.05, 0) is 23.8 Å². The Kier molecular flexibility index (Phi) is 5.08. The summed E-state index contributed by atoms with van der Waals surface area (Å²) in [6, 6.07) is 15.2. The fourth-order valence-electron chi connectivity index (χ4n) is 2.19. The van der Waals surface area contributed by atoms with Crippen LogP contribution in [0.1, 0.15) is 10.4 Å². The van der Waals surface area contributed by atoms with E-state index in [0.717, 1.165) is 11.1 Å². The van der Waals surface area contributed by atoms with Crippen LogP contribution in [-0.4, -0.2) is 20.4 Å². The Morgan fingerprint density at radius 1 is 1.12 bits per heavy atom. The summed E-state index contributed by atoms with van der Waals surface area (Å²) in [6.07, 6.45) is 0. The Hall–Kier alpha value is -2.35. The van der Waals surface area contributed by atoms with E-state index < -0.39 is 22.7 Å². The average Bonchev–Trinajstić information content (AvgIpc) is 2.97. The molecule has 0 radical (unpaired) electrons. The van der Waals surface area contributed by atoms with Gasteiger partial charge >= 0.3 is 5.97 Å². The number of hydrogen-bond donors (Lipinski definition) is 3. The molecule has 128 valence electrons. The van der Waals surface area contributed by atoms with Crippen molar-refractivity contribution in [2.75, 3.05) is 4.72 Å². The second-order valence-electron chi connectivity index (χ2n) is 5.03. The highest BCUT2D eigenvalue weighted by Crippen LogP contribution is 2.37. The predicted octanol–water partition coefficient (Wildman–Crippen LogP) is 4.61. The van der Waals surface area contributed by atoms with Crippen molar-refractivity contribution in [3.63, 3.8) is 0 Å². The number of aromatic hydroxyl groups is 1. The summed E-state index contributed by atoms with van der Waals surface area (Å²) in [6.45, 7) is 0. The lowest BCUT2D eigenvalue weighted by Gasteiger charge is -2.06. The lowest BCUT2D eigenvalue weighted by atomic mass is 10.1. The standard InChI is InChI=1S/C17H12ClNO4S2/c18-16-13(10-4-2-1-3-5-10)9-15(24-16)25(23)19-11-6-7-12(17(21)22)14(20)8-11/h1-9,19-20H,(H,21,22). The number of aromatic carboxylic acids is 1. The van der Waals surface area contributed by atoms with Crippen molar-refractivity contribution in [3.05, 3.63) is 64.5 Å². The molecule has 0 fully saturated rings. The third-order valence-corrected chi connectivity index (χ3v) is 6.13. The maximum Gasteiger partial charge on any atom is 0.339 e. The quantitative estimate of drug-likeness (QED) is 0.590. The molecule has 0 bridgehead atoms. The van der Waals surface area contributed by atoms with E-state index in [1.807, 2.05) is 30.3 Å². The smallest absolute Gasteiger partial charge is 0.339 e. The zero-order chi connectivity index (χ0) is 18.0. The number of nitrogens with one attached hydrogen (secondary N) is 1. The van der Waals surface area contributed by atoms with Crippen LogP contribution in [0.4, 0.5) is 5.69 Å². The zero-order valence-corrected chi connectivity index (χ0v) is 15.0. The van der Waals surface area contributed by atoms with Crippen molar-refractivity contribution >= 4 is 45.6 Å². The van der Waals surface area contributed by atoms with Gasteiger partial charge in [0.15, 0.2) is 11.0 Å². The van der Waals surface area contributed by atoms with Gasteiger partial charge in [0.2, 0.25) is 0 Å². The molecule has 0 aliphatic heterocycles. The normalized spacial score (nSPS) is 11.9. The number of anilines is 1. The van der Waals surface area contributed by atoms with Crippen molar-refractivity contribution in [1.82, 2.24) is 0 Å². The van der Waals surface area contributed by atoms with E-state index in [2.05, 4.69) is 4.72 Å². The molecule has 1 atom stereocenters. The summed E-state index contributed by atoms with van der Waals surface area (Å²) in [7, 11) is -1.60. The first-order chi connectivity index (χ1) is 12.0. The summed E-state index contributed by atoms with van der Waals surface area (Å²) in [5.41, 5.74) is 1.84. The molecule has 1 aromatic heterocycles. The van der Waals surface area contributed by atoms with E-state index in [1.54, 1.807) is 6.07 Å². The Morgan fingerprint density at radius 2 is 1.84 bits per heavy atom. The third-order valence-electron chi connectivity index (χ3n) is 3.37. The predicted molar refractivity (Wildman–Crippen MR) is 99.9 cm³/mol. The summed E-state index contributed by atoms with van der Waals surface area (Å²) < 4.78 is 16.3. The molecule has 0 aliphatic carbocycles. The highest BCUT2D eigenvalue weighted by molar-refractivity contribution is 7.88. The molecular formula is C17H12ClNO4S2. The van der Waals surface area contributed by atoms with Gasteiger partial charge in [0, 0.05) is 11.6 Å². The topological polar surface area (TPSA) is 86.6 Å². The SMILES string of the molecule is O=C(O)c1ccc(NS(=O)c2cc(-c3ccccc3)c(Cl)s2)cc1O. The van der Waals surface area contributed by atoms with E-state index in [-0.39, 0.29) is 5.56 Å². The van der Waals surface area contributed by atoms with Gasteiger partial charge in [0.25, 0.3) is 0 Å². The number of hydrogen-bond acceptors (Lipinski definition) is 4. The number of rotatable bonds is 5. The van der Waals surface area contributed by atoms with Gasteiger partial charge in [-0.25, -0.2) is 9.00 Å². The molecule has 3 aromatic rings. The van der Waals surface area contributed by atoms with Crippen LogP contribution in [0.2, 0.25) is 4.34 Å². The summed E-state index contributed by atoms with van der Waals surface area (Å²) in [5, 5.41) is 18.6. The van der Waals surface area contributed by atoms with E-state index in [1.165, 1.54) is 29.5 Å². The van der Waals surface area contributed by atoms with Crippen molar-refractivity contribution in [2.24, 2.45) is 0 Å². The molecule has 8 heteroatoms. The number of carboxylic acids is 1. The molecular weight excluding hydrogens is 382 g/mol. The van der Waals surface area contributed by atoms with Gasteiger partial charge in [-0.15, -0.1) is 11.3 Å². The second-order valence-corrected chi connectivity index (χ2v) is 8.12. The molecule has 2 aromatic carbocycles. The van der Waals surface area contributed by atoms with Crippen molar-refractivity contribution in [2.45, 2.75) is 4.21 Å². The van der Waals surface area contributed by atoms with E-state index >= 15 is 0 Å². The maximum atomic E-state index is 12.5. The van der Waals surface area contributed by atoms with Crippen LogP contribution in [-0.2, 0) is 11.0 Å². The first kappa shape index (κ1) is 17.5. The summed E-state index contributed by atoms with van der Waals surface area (Å²) >= 11 is 7.45. The zero-order valence-electron chi connectivity index (χ0n) is 12.6. The summed E-state index contributed by atoms with van der Waals surface area (Å²) in [5.74, 6) is -1.63. The minimum atomic E-state index is -1.60. The van der Waals surface area contributed by atoms with E-state index in [0.29, 0.717) is 14.2 Å². The maximum absolute atomic E-state index is 12.5. The number of benzene rings is 2. The Balaban J connectivity index is 1.83. The van der Waals surface area contributed by atoms with E-state index in [4.69, 9.17) is 16.7 Å². The Labute approximate surface area is 155 Å². The van der Waals surface area contributed by atoms with Crippen LogP contribution < -0.4 is 4.72 Å². The third kappa shape index (κ3) is 3.84. The number of phenols is 1. The number of carboxylic acid groups (broad SMARTS) is 1. The fraction of sp³-hybridized carbons (Fsp3) is 0. The molecule has 0 saturated carbocycles. The van der Waals surface area contributed by atoms with Crippen molar-refractivity contribution < 1.29 is 19.2 Å². The van der Waals surface area contributed by atoms with Crippen LogP contribution in [0, 0.1) is 0 Å². The number of thiophene rings is 1. The molecule has 0 aliphatic rings. The summed E-state index contributed by atoms with van der Waals surface area (Å²) in [4.78, 5) is 10.9. The second kappa shape index (κ2) is 7.26. The highest BCUT2D eigenvalue weighted by Gasteiger charge is 2.15. The first-order valence-electron chi connectivity index (χ1n) is 7.05. The van der Waals surface area contributed by atoms with Gasteiger partial charge in [0.1, 0.15) is 19.9 Å². The van der Waals surface area contributed by atoms with Gasteiger partial charge in [-0.1, -0.05) is 41.9 Å². The molecule has 0 saturated heterocycles. The molecule has 0 amide bonds. The minimum Gasteiger partial charge on any atom is -0.507 e. The van der Waals surface area contributed by atoms with Gasteiger partial charge in [-0.2, -0.15) is 0 Å². The number of halogens is 1. The molecule has 3 rings (SSSR count). The van der Waals surface area contributed by atoms with Crippen LogP contribution in [0.3, 0.4) is 0 Å². The largest absolute Gasteiger partial charge is 0.507 e. The molecule has 25 heavy (non-hydrogen) atoms. The van der Waals surface area contributed by atoms with Gasteiger partial charge in [-0.3, -0.25) is 0 Å². The van der Waals surface area contributed by atoms with Crippen molar-refractivity contribution in [3.8, 4) is 16.9 Å². The van der Waals surface area contributed by atoms with Crippen LogP contribution in [0.5, 0.6) is 5.75 Å². The first-order valence-corrected chi connectivity index (χ1v) is 9.39. The molecule has 5 nitrogen and oxygen atoms in total. The lowest BCUT2D eigenvalue weighted by Crippen LogP contribution is -2.04. The van der Waals surface area contributed by atoms with Crippen LogP contribution in [0.15, 0.2) is 58.8 Å². The Bertz CT molecular complexity index is 957. The molecule has 1 heterocycles. The fourth-order valence-corrected chi connectivity index (χ4v) is 4.72. The number of carbonyl (C=O) groups is 1. The highest BCUT2D eigenvalue weighted by atomic mass is 35.5. The molecule has 3 N–H and O–H groups in total. The van der Waals surface area contributed by atoms with Gasteiger partial charge < -0.3 is 14.9 Å². The van der Waals surface area contributed by atoms with Gasteiger partial charge in [0.05, 0.1) is 5.69 Å². The van der Waals surface area contributed by atoms with Crippen LogP contribution in [0.25, 0.3) is 11.1 Å².